The van der Waals surface area contributed by atoms with Gasteiger partial charge >= 0.3 is 5.69 Å². The first-order valence-electron chi connectivity index (χ1n) is 9.90. The van der Waals surface area contributed by atoms with Crippen LogP contribution in [0.2, 0.25) is 5.02 Å². The third-order valence-corrected chi connectivity index (χ3v) is 5.80. The normalized spacial score (nSPS) is 19.0. The van der Waals surface area contributed by atoms with Crippen LogP contribution >= 0.6 is 11.6 Å². The summed E-state index contributed by atoms with van der Waals surface area (Å²) in [7, 11) is 0. The number of nitrogens with one attached hydrogen (secondary N) is 2. The molecule has 1 aromatic carbocycles. The monoisotopic (exact) mass is 418 g/mol. The van der Waals surface area contributed by atoms with Crippen LogP contribution in [-0.4, -0.2) is 28.0 Å². The fourth-order valence-electron chi connectivity index (χ4n) is 3.67. The molecule has 4 N–H and O–H groups in total. The predicted molar refractivity (Wildman–Crippen MR) is 115 cm³/mol. The van der Waals surface area contributed by atoms with Gasteiger partial charge < -0.3 is 16.4 Å². The van der Waals surface area contributed by atoms with Gasteiger partial charge in [-0.25, -0.2) is 4.98 Å². The summed E-state index contributed by atoms with van der Waals surface area (Å²) in [6.45, 7) is 3.87. The average Bonchev–Trinajstić information content (AvgIpc) is 2.72. The summed E-state index contributed by atoms with van der Waals surface area (Å²) >= 11 is 5.99. The SMILES string of the molecule is Cc1cc(Cl)ccc1CNc1ncc([N+](=O)[O-])c(NCC2CCC(CN)CC2)n1. The summed E-state index contributed by atoms with van der Waals surface area (Å²) < 4.78 is 0. The van der Waals surface area contributed by atoms with E-state index in [4.69, 9.17) is 17.3 Å². The van der Waals surface area contributed by atoms with Crippen LogP contribution in [0.15, 0.2) is 24.4 Å². The molecular weight excluding hydrogens is 392 g/mol. The van der Waals surface area contributed by atoms with Crippen molar-refractivity contribution in [2.24, 2.45) is 17.6 Å². The Morgan fingerprint density at radius 3 is 2.62 bits per heavy atom. The molecule has 0 bridgehead atoms. The number of hydrogen-bond acceptors (Lipinski definition) is 7. The van der Waals surface area contributed by atoms with E-state index in [-0.39, 0.29) is 11.5 Å². The zero-order valence-corrected chi connectivity index (χ0v) is 17.3. The second-order valence-corrected chi connectivity index (χ2v) is 8.05. The summed E-state index contributed by atoms with van der Waals surface area (Å²) in [4.78, 5) is 19.3. The molecule has 29 heavy (non-hydrogen) atoms. The number of anilines is 2. The second kappa shape index (κ2) is 9.84. The molecule has 1 aromatic heterocycles. The van der Waals surface area contributed by atoms with E-state index >= 15 is 0 Å². The van der Waals surface area contributed by atoms with Gasteiger partial charge in [0.15, 0.2) is 0 Å². The smallest absolute Gasteiger partial charge is 0.329 e. The Bertz CT molecular complexity index is 855. The number of nitrogens with two attached hydrogens (primary N) is 1. The molecule has 156 valence electrons. The Morgan fingerprint density at radius 2 is 1.97 bits per heavy atom. The molecule has 0 saturated heterocycles. The molecule has 3 rings (SSSR count). The van der Waals surface area contributed by atoms with Gasteiger partial charge in [0.25, 0.3) is 0 Å². The fourth-order valence-corrected chi connectivity index (χ4v) is 3.90. The summed E-state index contributed by atoms with van der Waals surface area (Å²) in [5, 5.41) is 18.4. The van der Waals surface area contributed by atoms with Crippen molar-refractivity contribution in [3.63, 3.8) is 0 Å². The maximum atomic E-state index is 11.4. The number of nitro groups is 1. The Kier molecular flexibility index (Phi) is 7.22. The van der Waals surface area contributed by atoms with Crippen LogP contribution < -0.4 is 16.4 Å². The molecule has 1 fully saturated rings. The van der Waals surface area contributed by atoms with Crippen molar-refractivity contribution in [1.82, 2.24) is 9.97 Å². The minimum absolute atomic E-state index is 0.117. The Morgan fingerprint density at radius 1 is 1.24 bits per heavy atom. The lowest BCUT2D eigenvalue weighted by Gasteiger charge is -2.27. The van der Waals surface area contributed by atoms with Crippen LogP contribution in [0.3, 0.4) is 0 Å². The highest BCUT2D eigenvalue weighted by atomic mass is 35.5. The van der Waals surface area contributed by atoms with Gasteiger partial charge in [0.2, 0.25) is 11.8 Å². The van der Waals surface area contributed by atoms with Crippen LogP contribution in [0, 0.1) is 28.9 Å². The lowest BCUT2D eigenvalue weighted by molar-refractivity contribution is -0.384. The minimum Gasteiger partial charge on any atom is -0.364 e. The van der Waals surface area contributed by atoms with Crippen LogP contribution in [0.4, 0.5) is 17.5 Å². The zero-order chi connectivity index (χ0) is 20.8. The highest BCUT2D eigenvalue weighted by Crippen LogP contribution is 2.29. The molecule has 1 aliphatic rings. The van der Waals surface area contributed by atoms with E-state index < -0.39 is 4.92 Å². The number of hydrogen-bond donors (Lipinski definition) is 3. The topological polar surface area (TPSA) is 119 Å². The number of halogens is 1. The second-order valence-electron chi connectivity index (χ2n) is 7.61. The van der Waals surface area contributed by atoms with Crippen molar-refractivity contribution in [2.75, 3.05) is 23.7 Å². The van der Waals surface area contributed by atoms with Crippen LogP contribution in [0.1, 0.15) is 36.8 Å². The third-order valence-electron chi connectivity index (χ3n) is 5.57. The van der Waals surface area contributed by atoms with E-state index in [0.717, 1.165) is 43.4 Å². The summed E-state index contributed by atoms with van der Waals surface area (Å²) in [6.07, 6.45) is 5.63. The minimum atomic E-state index is -0.458. The quantitative estimate of drug-likeness (QED) is 0.435. The van der Waals surface area contributed by atoms with Crippen molar-refractivity contribution >= 4 is 29.1 Å². The molecule has 0 atom stereocenters. The number of rotatable bonds is 8. The molecule has 0 radical (unpaired) electrons. The van der Waals surface area contributed by atoms with Crippen LogP contribution in [0.5, 0.6) is 0 Å². The molecule has 8 nitrogen and oxygen atoms in total. The van der Waals surface area contributed by atoms with Crippen LogP contribution in [-0.2, 0) is 6.54 Å². The largest absolute Gasteiger partial charge is 0.364 e. The maximum absolute atomic E-state index is 11.4. The molecule has 9 heteroatoms. The molecule has 2 aromatic rings. The first-order chi connectivity index (χ1) is 14.0. The molecule has 0 aliphatic heterocycles. The zero-order valence-electron chi connectivity index (χ0n) is 16.5. The van der Waals surface area contributed by atoms with E-state index in [2.05, 4.69) is 20.6 Å². The molecule has 1 heterocycles. The van der Waals surface area contributed by atoms with E-state index in [9.17, 15) is 10.1 Å². The molecule has 1 saturated carbocycles. The molecule has 1 aliphatic carbocycles. The highest BCUT2D eigenvalue weighted by molar-refractivity contribution is 6.30. The third kappa shape index (κ3) is 5.77. The first kappa shape index (κ1) is 21.3. The number of aryl methyl sites for hydroxylation is 1. The van der Waals surface area contributed by atoms with Crippen molar-refractivity contribution in [3.8, 4) is 0 Å². The van der Waals surface area contributed by atoms with Crippen LogP contribution in [0.25, 0.3) is 0 Å². The summed E-state index contributed by atoms with van der Waals surface area (Å²) in [6, 6.07) is 5.66. The van der Waals surface area contributed by atoms with Gasteiger partial charge in [0.05, 0.1) is 4.92 Å². The summed E-state index contributed by atoms with van der Waals surface area (Å²) in [5.74, 6) is 1.67. The van der Waals surface area contributed by atoms with Gasteiger partial charge in [0, 0.05) is 18.1 Å². The number of aromatic nitrogens is 2. The standard InChI is InChI=1S/C20H27ClN6O2/c1-13-8-17(21)7-6-16(13)11-24-20-25-12-18(27(28)29)19(26-20)23-10-15-4-2-14(9-22)3-5-15/h6-8,12,14-15H,2-5,9-11,22H2,1H3,(H2,23,24,25,26). The Balaban J connectivity index is 1.65. The average molecular weight is 419 g/mol. The van der Waals surface area contributed by atoms with Crippen molar-refractivity contribution in [2.45, 2.75) is 39.2 Å². The Labute approximate surface area is 175 Å². The van der Waals surface area contributed by atoms with Gasteiger partial charge in [-0.3, -0.25) is 10.1 Å². The molecule has 0 amide bonds. The maximum Gasteiger partial charge on any atom is 0.329 e. The molecule has 0 spiro atoms. The van der Waals surface area contributed by atoms with Gasteiger partial charge in [0.1, 0.15) is 6.20 Å². The number of nitrogens with zero attached hydrogens (tertiary/aromatic N) is 3. The molecular formula is C20H27ClN6O2. The van der Waals surface area contributed by atoms with Gasteiger partial charge in [-0.15, -0.1) is 0 Å². The van der Waals surface area contributed by atoms with E-state index in [1.807, 2.05) is 25.1 Å². The lowest BCUT2D eigenvalue weighted by Crippen LogP contribution is -2.25. The predicted octanol–water partition coefficient (Wildman–Crippen LogP) is 4.14. The van der Waals surface area contributed by atoms with Gasteiger partial charge in [-0.1, -0.05) is 17.7 Å². The van der Waals surface area contributed by atoms with Crippen molar-refractivity contribution in [3.05, 3.63) is 50.7 Å². The van der Waals surface area contributed by atoms with Gasteiger partial charge in [-0.2, -0.15) is 4.98 Å². The lowest BCUT2D eigenvalue weighted by atomic mass is 9.82. The molecule has 0 unspecified atom stereocenters. The van der Waals surface area contributed by atoms with Crippen molar-refractivity contribution in [1.29, 1.82) is 0 Å². The van der Waals surface area contributed by atoms with E-state index in [1.54, 1.807) is 0 Å². The van der Waals surface area contributed by atoms with Crippen molar-refractivity contribution < 1.29 is 4.92 Å². The fraction of sp³-hybridized carbons (Fsp3) is 0.500. The highest BCUT2D eigenvalue weighted by Gasteiger charge is 2.22. The number of benzene rings is 1. The van der Waals surface area contributed by atoms with Gasteiger partial charge in [-0.05, 0) is 74.2 Å². The summed E-state index contributed by atoms with van der Waals surface area (Å²) in [5.41, 5.74) is 7.74. The van der Waals surface area contributed by atoms with E-state index in [0.29, 0.717) is 35.9 Å². The van der Waals surface area contributed by atoms with E-state index in [1.165, 1.54) is 6.20 Å². The Hall–Kier alpha value is -2.45. The first-order valence-corrected chi connectivity index (χ1v) is 10.3.